The van der Waals surface area contributed by atoms with E-state index in [1.165, 1.54) is 5.57 Å². The standard InChI is InChI=1S/C16H24O4/c1-11(2)6-7-20-15-8-13(9-17)14(10-18-4)16(19-5)12(15)3/h6,8,17H,7,9-10H2,1-5H3. The number of hydrogen-bond acceptors (Lipinski definition) is 4. The Balaban J connectivity index is 3.16. The molecule has 112 valence electrons. The number of rotatable bonds is 7. The highest BCUT2D eigenvalue weighted by atomic mass is 16.5. The highest BCUT2D eigenvalue weighted by Gasteiger charge is 2.16. The molecule has 0 aliphatic carbocycles. The Morgan fingerprint density at radius 1 is 1.30 bits per heavy atom. The molecule has 0 fully saturated rings. The first-order chi connectivity index (χ1) is 9.54. The second-order valence-corrected chi connectivity index (χ2v) is 4.85. The van der Waals surface area contributed by atoms with Gasteiger partial charge in [0.05, 0.1) is 20.3 Å². The van der Waals surface area contributed by atoms with E-state index in [1.807, 2.05) is 32.9 Å². The molecule has 0 aliphatic heterocycles. The van der Waals surface area contributed by atoms with Crippen molar-refractivity contribution in [3.8, 4) is 11.5 Å². The first-order valence-electron chi connectivity index (χ1n) is 6.60. The van der Waals surface area contributed by atoms with Crippen LogP contribution in [0.2, 0.25) is 0 Å². The highest BCUT2D eigenvalue weighted by molar-refractivity contribution is 5.53. The largest absolute Gasteiger partial charge is 0.496 e. The van der Waals surface area contributed by atoms with Crippen LogP contribution in [0.5, 0.6) is 11.5 Å². The molecular weight excluding hydrogens is 256 g/mol. The lowest BCUT2D eigenvalue weighted by Gasteiger charge is -2.18. The van der Waals surface area contributed by atoms with Gasteiger partial charge in [0.15, 0.2) is 0 Å². The lowest BCUT2D eigenvalue weighted by Crippen LogP contribution is -2.05. The number of allylic oxidation sites excluding steroid dienone is 1. The van der Waals surface area contributed by atoms with Gasteiger partial charge in [0.2, 0.25) is 0 Å². The summed E-state index contributed by atoms with van der Waals surface area (Å²) < 4.78 is 16.4. The molecule has 1 aromatic rings. The number of methoxy groups -OCH3 is 2. The van der Waals surface area contributed by atoms with Gasteiger partial charge >= 0.3 is 0 Å². The smallest absolute Gasteiger partial charge is 0.131 e. The molecule has 20 heavy (non-hydrogen) atoms. The molecule has 0 bridgehead atoms. The predicted octanol–water partition coefficient (Wildman–Crippen LogP) is 2.99. The lowest BCUT2D eigenvalue weighted by atomic mass is 10.0. The molecule has 1 N–H and O–H groups in total. The minimum atomic E-state index is -0.0751. The third-order valence-electron chi connectivity index (χ3n) is 3.07. The van der Waals surface area contributed by atoms with Gasteiger partial charge in [0.25, 0.3) is 0 Å². The van der Waals surface area contributed by atoms with Crippen molar-refractivity contribution in [2.75, 3.05) is 20.8 Å². The fourth-order valence-corrected chi connectivity index (χ4v) is 2.01. The maximum absolute atomic E-state index is 9.52. The van der Waals surface area contributed by atoms with Gasteiger partial charge in [-0.2, -0.15) is 0 Å². The third kappa shape index (κ3) is 3.99. The van der Waals surface area contributed by atoms with Crippen LogP contribution >= 0.6 is 0 Å². The van der Waals surface area contributed by atoms with E-state index in [0.717, 1.165) is 22.4 Å². The van der Waals surface area contributed by atoms with Crippen LogP contribution in [0, 0.1) is 6.92 Å². The summed E-state index contributed by atoms with van der Waals surface area (Å²) in [5.41, 5.74) is 3.75. The molecule has 0 saturated carbocycles. The Kier molecular flexibility index (Phi) is 6.55. The SMILES string of the molecule is COCc1c(CO)cc(OCC=C(C)C)c(C)c1OC. The van der Waals surface area contributed by atoms with Crippen molar-refractivity contribution in [1.29, 1.82) is 0 Å². The Bertz CT molecular complexity index is 474. The van der Waals surface area contributed by atoms with E-state index in [4.69, 9.17) is 14.2 Å². The van der Waals surface area contributed by atoms with Crippen molar-refractivity contribution in [3.63, 3.8) is 0 Å². The van der Waals surface area contributed by atoms with Crippen LogP contribution < -0.4 is 9.47 Å². The molecule has 4 nitrogen and oxygen atoms in total. The molecule has 1 aromatic carbocycles. The van der Waals surface area contributed by atoms with Gasteiger partial charge in [-0.3, -0.25) is 0 Å². The zero-order valence-corrected chi connectivity index (χ0v) is 12.9. The summed E-state index contributed by atoms with van der Waals surface area (Å²) >= 11 is 0. The van der Waals surface area contributed by atoms with Crippen LogP contribution in [0.4, 0.5) is 0 Å². The maximum atomic E-state index is 9.52. The van der Waals surface area contributed by atoms with Gasteiger partial charge in [-0.05, 0) is 38.5 Å². The summed E-state index contributed by atoms with van der Waals surface area (Å²) in [5.74, 6) is 1.44. The number of hydrogen-bond donors (Lipinski definition) is 1. The predicted molar refractivity (Wildman–Crippen MR) is 79.3 cm³/mol. The molecule has 0 aromatic heterocycles. The maximum Gasteiger partial charge on any atom is 0.131 e. The zero-order valence-electron chi connectivity index (χ0n) is 12.9. The van der Waals surface area contributed by atoms with E-state index in [1.54, 1.807) is 14.2 Å². The van der Waals surface area contributed by atoms with E-state index in [0.29, 0.717) is 19.0 Å². The van der Waals surface area contributed by atoms with Gasteiger partial charge in [0.1, 0.15) is 18.1 Å². The Hall–Kier alpha value is -1.52. The number of benzene rings is 1. The molecule has 0 saturated heterocycles. The number of aliphatic hydroxyl groups excluding tert-OH is 1. The van der Waals surface area contributed by atoms with E-state index >= 15 is 0 Å². The lowest BCUT2D eigenvalue weighted by molar-refractivity contribution is 0.177. The Labute approximate surface area is 121 Å². The van der Waals surface area contributed by atoms with E-state index in [9.17, 15) is 5.11 Å². The van der Waals surface area contributed by atoms with Gasteiger partial charge in [-0.25, -0.2) is 0 Å². The summed E-state index contributed by atoms with van der Waals surface area (Å²) in [4.78, 5) is 0. The minimum absolute atomic E-state index is 0.0751. The van der Waals surface area contributed by atoms with Crippen LogP contribution in [0.25, 0.3) is 0 Å². The molecule has 0 heterocycles. The molecule has 0 radical (unpaired) electrons. The molecular formula is C16H24O4. The fourth-order valence-electron chi connectivity index (χ4n) is 2.01. The van der Waals surface area contributed by atoms with Gasteiger partial charge in [-0.15, -0.1) is 0 Å². The quantitative estimate of drug-likeness (QED) is 0.780. The third-order valence-corrected chi connectivity index (χ3v) is 3.07. The average molecular weight is 280 g/mol. The van der Waals surface area contributed by atoms with Crippen molar-refractivity contribution in [3.05, 3.63) is 34.4 Å². The second-order valence-electron chi connectivity index (χ2n) is 4.85. The number of ether oxygens (including phenoxy) is 3. The first kappa shape index (κ1) is 16.5. The molecule has 0 atom stereocenters. The minimum Gasteiger partial charge on any atom is -0.496 e. The van der Waals surface area contributed by atoms with Crippen molar-refractivity contribution in [1.82, 2.24) is 0 Å². The van der Waals surface area contributed by atoms with Gasteiger partial charge in [-0.1, -0.05) is 5.57 Å². The molecule has 4 heteroatoms. The van der Waals surface area contributed by atoms with Gasteiger partial charge in [0, 0.05) is 18.2 Å². The van der Waals surface area contributed by atoms with Crippen molar-refractivity contribution in [2.24, 2.45) is 0 Å². The van der Waals surface area contributed by atoms with Crippen molar-refractivity contribution >= 4 is 0 Å². The molecule has 1 rings (SSSR count). The summed E-state index contributed by atoms with van der Waals surface area (Å²) in [6.45, 7) is 6.82. The molecule has 0 amide bonds. The zero-order chi connectivity index (χ0) is 15.1. The van der Waals surface area contributed by atoms with Crippen molar-refractivity contribution < 1.29 is 19.3 Å². The van der Waals surface area contributed by atoms with Gasteiger partial charge < -0.3 is 19.3 Å². The summed E-state index contributed by atoms with van der Waals surface area (Å²) in [6.07, 6.45) is 2.01. The fraction of sp³-hybridized carbons (Fsp3) is 0.500. The van der Waals surface area contributed by atoms with Crippen LogP contribution in [0.3, 0.4) is 0 Å². The summed E-state index contributed by atoms with van der Waals surface area (Å²) in [6, 6.07) is 1.85. The topological polar surface area (TPSA) is 47.9 Å². The first-order valence-corrected chi connectivity index (χ1v) is 6.60. The summed E-state index contributed by atoms with van der Waals surface area (Å²) in [7, 11) is 3.23. The molecule has 0 aliphatic rings. The normalized spacial score (nSPS) is 10.3. The van der Waals surface area contributed by atoms with Crippen LogP contribution in [0.15, 0.2) is 17.7 Å². The number of aliphatic hydroxyl groups is 1. The Morgan fingerprint density at radius 3 is 2.50 bits per heavy atom. The van der Waals surface area contributed by atoms with Crippen molar-refractivity contribution in [2.45, 2.75) is 34.0 Å². The van der Waals surface area contributed by atoms with E-state index in [2.05, 4.69) is 0 Å². The average Bonchev–Trinajstić information content (AvgIpc) is 2.41. The van der Waals surface area contributed by atoms with Crippen LogP contribution in [-0.4, -0.2) is 25.9 Å². The second kappa shape index (κ2) is 7.92. The Morgan fingerprint density at radius 2 is 2.00 bits per heavy atom. The van der Waals surface area contributed by atoms with E-state index < -0.39 is 0 Å². The monoisotopic (exact) mass is 280 g/mol. The highest BCUT2D eigenvalue weighted by Crippen LogP contribution is 2.35. The van der Waals surface area contributed by atoms with Crippen LogP contribution in [0.1, 0.15) is 30.5 Å². The van der Waals surface area contributed by atoms with E-state index in [-0.39, 0.29) is 6.61 Å². The molecule has 0 unspecified atom stereocenters. The molecule has 0 spiro atoms. The van der Waals surface area contributed by atoms with Crippen LogP contribution in [-0.2, 0) is 18.0 Å². The summed E-state index contributed by atoms with van der Waals surface area (Å²) in [5, 5.41) is 9.52.